The maximum atomic E-state index is 12.2. The van der Waals surface area contributed by atoms with Crippen molar-refractivity contribution in [3.05, 3.63) is 63.0 Å². The highest BCUT2D eigenvalue weighted by Gasteiger charge is 2.24. The van der Waals surface area contributed by atoms with Gasteiger partial charge in [0.05, 0.1) is 5.56 Å². The van der Waals surface area contributed by atoms with Gasteiger partial charge in [-0.25, -0.2) is 9.89 Å². The zero-order chi connectivity index (χ0) is 19.9. The largest absolute Gasteiger partial charge is 0.445 e. The van der Waals surface area contributed by atoms with Crippen LogP contribution in [0.2, 0.25) is 5.15 Å². The molecule has 0 bridgehead atoms. The number of carbonyl (C=O) groups is 2. The van der Waals surface area contributed by atoms with Gasteiger partial charge in [0, 0.05) is 25.7 Å². The number of H-pyrrole nitrogens is 1. The first kappa shape index (κ1) is 19.9. The predicted molar refractivity (Wildman–Crippen MR) is 103 cm³/mol. The van der Waals surface area contributed by atoms with Crippen LogP contribution < -0.4 is 10.9 Å². The van der Waals surface area contributed by atoms with Gasteiger partial charge in [-0.2, -0.15) is 5.10 Å². The summed E-state index contributed by atoms with van der Waals surface area (Å²) in [6.07, 6.45) is 1.18. The first-order valence-corrected chi connectivity index (χ1v) is 9.40. The molecule has 1 saturated heterocycles. The van der Waals surface area contributed by atoms with E-state index >= 15 is 0 Å². The molecule has 0 saturated carbocycles. The molecular weight excluding hydrogens is 384 g/mol. The molecule has 1 aromatic heterocycles. The Bertz CT molecular complexity index is 879. The van der Waals surface area contributed by atoms with Gasteiger partial charge in [-0.05, 0) is 24.3 Å². The van der Waals surface area contributed by atoms with Gasteiger partial charge in [-0.3, -0.25) is 9.59 Å². The second kappa shape index (κ2) is 9.36. The van der Waals surface area contributed by atoms with Gasteiger partial charge in [0.25, 0.3) is 11.5 Å². The van der Waals surface area contributed by atoms with E-state index in [4.69, 9.17) is 16.3 Å². The molecule has 1 aliphatic rings. The van der Waals surface area contributed by atoms with E-state index in [1.807, 2.05) is 30.3 Å². The third kappa shape index (κ3) is 5.32. The molecule has 2 aromatic rings. The number of rotatable bonds is 5. The lowest BCUT2D eigenvalue weighted by Gasteiger charge is -2.31. The van der Waals surface area contributed by atoms with Crippen LogP contribution in [0, 0.1) is 5.92 Å². The summed E-state index contributed by atoms with van der Waals surface area (Å²) in [6, 6.07) is 10.6. The molecule has 0 spiro atoms. The molecule has 148 valence electrons. The lowest BCUT2D eigenvalue weighted by atomic mass is 9.97. The Morgan fingerprint density at radius 1 is 1.25 bits per heavy atom. The molecule has 0 atom stereocenters. The quantitative estimate of drug-likeness (QED) is 0.794. The minimum Gasteiger partial charge on any atom is -0.445 e. The van der Waals surface area contributed by atoms with Gasteiger partial charge in [-0.1, -0.05) is 41.9 Å². The highest BCUT2D eigenvalue weighted by molar-refractivity contribution is 6.32. The molecule has 2 heterocycles. The number of halogens is 1. The molecule has 1 aromatic carbocycles. The maximum absolute atomic E-state index is 12.2. The monoisotopic (exact) mass is 404 g/mol. The minimum atomic E-state index is -0.489. The highest BCUT2D eigenvalue weighted by Crippen LogP contribution is 2.18. The van der Waals surface area contributed by atoms with E-state index in [-0.39, 0.29) is 29.3 Å². The number of aromatic nitrogens is 2. The fourth-order valence-corrected chi connectivity index (χ4v) is 3.19. The lowest BCUT2D eigenvalue weighted by molar-refractivity contribution is 0.0800. The van der Waals surface area contributed by atoms with Gasteiger partial charge in [0.15, 0.2) is 5.15 Å². The van der Waals surface area contributed by atoms with E-state index in [0.29, 0.717) is 19.6 Å². The zero-order valence-corrected chi connectivity index (χ0v) is 15.9. The van der Waals surface area contributed by atoms with E-state index in [9.17, 15) is 14.4 Å². The number of nitrogens with one attached hydrogen (secondary N) is 2. The van der Waals surface area contributed by atoms with Crippen LogP contribution >= 0.6 is 11.6 Å². The topological polar surface area (TPSA) is 104 Å². The Labute approximate surface area is 166 Å². The van der Waals surface area contributed by atoms with Crippen LogP contribution in [-0.2, 0) is 11.3 Å². The van der Waals surface area contributed by atoms with Crippen LogP contribution in [-0.4, -0.2) is 46.7 Å². The molecule has 0 aliphatic carbocycles. The number of amides is 2. The molecule has 9 heteroatoms. The number of carbonyl (C=O) groups excluding carboxylic acids is 2. The summed E-state index contributed by atoms with van der Waals surface area (Å²) in [5.41, 5.74) is 0.505. The first-order valence-electron chi connectivity index (χ1n) is 9.02. The predicted octanol–water partition coefficient (Wildman–Crippen LogP) is 2.20. The third-order valence-corrected chi connectivity index (χ3v) is 4.92. The number of piperidine rings is 1. The van der Waals surface area contributed by atoms with Gasteiger partial charge < -0.3 is 15.0 Å². The molecule has 8 nitrogen and oxygen atoms in total. The van der Waals surface area contributed by atoms with Gasteiger partial charge in [0.2, 0.25) is 0 Å². The summed E-state index contributed by atoms with van der Waals surface area (Å²) in [6.45, 7) is 1.83. The molecule has 28 heavy (non-hydrogen) atoms. The normalized spacial score (nSPS) is 14.5. The second-order valence-corrected chi connectivity index (χ2v) is 6.98. The molecule has 3 rings (SSSR count). The Kier molecular flexibility index (Phi) is 6.65. The molecular formula is C19H21ClN4O4. The molecule has 2 amide bonds. The van der Waals surface area contributed by atoms with Crippen molar-refractivity contribution in [2.75, 3.05) is 19.6 Å². The average molecular weight is 405 g/mol. The summed E-state index contributed by atoms with van der Waals surface area (Å²) in [7, 11) is 0. The number of hydrogen-bond donors (Lipinski definition) is 2. The molecule has 0 unspecified atom stereocenters. The Balaban J connectivity index is 1.41. The number of likely N-dealkylation sites (tertiary alicyclic amines) is 1. The summed E-state index contributed by atoms with van der Waals surface area (Å²) in [4.78, 5) is 37.3. The van der Waals surface area contributed by atoms with Crippen LogP contribution in [0.3, 0.4) is 0 Å². The van der Waals surface area contributed by atoms with Crippen molar-refractivity contribution in [3.63, 3.8) is 0 Å². The maximum Gasteiger partial charge on any atom is 0.410 e. The van der Waals surface area contributed by atoms with E-state index in [2.05, 4.69) is 15.5 Å². The fraction of sp³-hybridized carbons (Fsp3) is 0.368. The Morgan fingerprint density at radius 3 is 2.68 bits per heavy atom. The average Bonchev–Trinajstić information content (AvgIpc) is 2.73. The number of benzene rings is 1. The number of aromatic amines is 1. The number of nitrogens with zero attached hydrogens (tertiary/aromatic N) is 2. The van der Waals surface area contributed by atoms with E-state index in [1.165, 1.54) is 0 Å². The van der Waals surface area contributed by atoms with Crippen molar-refractivity contribution in [3.8, 4) is 0 Å². The molecule has 1 aliphatic heterocycles. The van der Waals surface area contributed by atoms with Crippen LogP contribution in [0.1, 0.15) is 28.8 Å². The zero-order valence-electron chi connectivity index (χ0n) is 15.2. The minimum absolute atomic E-state index is 0.0481. The smallest absolute Gasteiger partial charge is 0.410 e. The Morgan fingerprint density at radius 2 is 1.96 bits per heavy atom. The molecule has 2 N–H and O–H groups in total. The van der Waals surface area contributed by atoms with Crippen LogP contribution in [0.15, 0.2) is 41.2 Å². The van der Waals surface area contributed by atoms with Gasteiger partial charge >= 0.3 is 6.09 Å². The highest BCUT2D eigenvalue weighted by atomic mass is 35.5. The van der Waals surface area contributed by atoms with Crippen molar-refractivity contribution in [1.82, 2.24) is 20.4 Å². The van der Waals surface area contributed by atoms with Crippen LogP contribution in [0.4, 0.5) is 4.79 Å². The standard InChI is InChI=1S/C19H21ClN4O4/c20-17-15(10-16(25)22-23-17)18(26)21-11-13-6-8-24(9-7-13)19(27)28-12-14-4-2-1-3-5-14/h1-5,10,13H,6-9,11-12H2,(H,21,26)(H,22,25). The van der Waals surface area contributed by atoms with Gasteiger partial charge in [-0.15, -0.1) is 0 Å². The van der Waals surface area contributed by atoms with Crippen LogP contribution in [0.5, 0.6) is 0 Å². The first-order chi connectivity index (χ1) is 13.5. The van der Waals surface area contributed by atoms with E-state index < -0.39 is 11.5 Å². The van der Waals surface area contributed by atoms with E-state index in [0.717, 1.165) is 24.5 Å². The van der Waals surface area contributed by atoms with Crippen molar-refractivity contribution < 1.29 is 14.3 Å². The molecule has 0 radical (unpaired) electrons. The molecule has 1 fully saturated rings. The van der Waals surface area contributed by atoms with Crippen LogP contribution in [0.25, 0.3) is 0 Å². The Hall–Kier alpha value is -2.87. The second-order valence-electron chi connectivity index (χ2n) is 6.62. The lowest BCUT2D eigenvalue weighted by Crippen LogP contribution is -2.41. The number of hydrogen-bond acceptors (Lipinski definition) is 5. The SMILES string of the molecule is O=C(NCC1CCN(C(=O)OCc2ccccc2)CC1)c1cc(=O)[nH]nc1Cl. The van der Waals surface area contributed by atoms with Crippen molar-refractivity contribution in [1.29, 1.82) is 0 Å². The van der Waals surface area contributed by atoms with Crippen molar-refractivity contribution in [2.24, 2.45) is 5.92 Å². The summed E-state index contributed by atoms with van der Waals surface area (Å²) in [5, 5.41) is 8.47. The fourth-order valence-electron chi connectivity index (χ4n) is 3.01. The van der Waals surface area contributed by atoms with Crippen molar-refractivity contribution >= 4 is 23.6 Å². The van der Waals surface area contributed by atoms with Crippen molar-refractivity contribution in [2.45, 2.75) is 19.4 Å². The summed E-state index contributed by atoms with van der Waals surface area (Å²) in [5.74, 6) is -0.204. The number of ether oxygens (including phenoxy) is 1. The van der Waals surface area contributed by atoms with E-state index in [1.54, 1.807) is 4.90 Å². The summed E-state index contributed by atoms with van der Waals surface area (Å²) < 4.78 is 5.35. The van der Waals surface area contributed by atoms with Gasteiger partial charge in [0.1, 0.15) is 6.61 Å². The summed E-state index contributed by atoms with van der Waals surface area (Å²) >= 11 is 5.84. The third-order valence-electron chi connectivity index (χ3n) is 4.64.